The molecule has 0 bridgehead atoms. The monoisotopic (exact) mass is 306 g/mol. The van der Waals surface area contributed by atoms with Crippen LogP contribution >= 0.6 is 0 Å². The van der Waals surface area contributed by atoms with E-state index in [9.17, 15) is 0 Å². The Kier molecular flexibility index (Phi) is 4.47. The lowest BCUT2D eigenvalue weighted by Gasteiger charge is -2.15. The maximum absolute atomic E-state index is 5.18. The first-order chi connectivity index (χ1) is 11.3. The average molecular weight is 306 g/mol. The molecule has 23 heavy (non-hydrogen) atoms. The summed E-state index contributed by atoms with van der Waals surface area (Å²) in [5.74, 6) is 1.42. The van der Waals surface area contributed by atoms with Gasteiger partial charge in [0, 0.05) is 12.4 Å². The summed E-state index contributed by atoms with van der Waals surface area (Å²) < 4.78 is 5.18. The summed E-state index contributed by atoms with van der Waals surface area (Å²) in [6.45, 7) is 2.07. The van der Waals surface area contributed by atoms with Crippen molar-refractivity contribution in [1.29, 1.82) is 0 Å². The van der Waals surface area contributed by atoms with Crippen LogP contribution in [0.1, 0.15) is 18.5 Å². The van der Waals surface area contributed by atoms with E-state index in [0.29, 0.717) is 5.95 Å². The molecule has 1 N–H and O–H groups in total. The lowest BCUT2D eigenvalue weighted by molar-refractivity contribution is 0.414. The van der Waals surface area contributed by atoms with Gasteiger partial charge in [-0.25, -0.2) is 9.97 Å². The number of ether oxygens (including phenoxy) is 1. The number of nitrogens with zero attached hydrogens (tertiary/aromatic N) is 3. The Hall–Kier alpha value is -2.95. The van der Waals surface area contributed by atoms with Gasteiger partial charge in [-0.3, -0.25) is 4.98 Å². The zero-order chi connectivity index (χ0) is 16.1. The number of hydrogen-bond acceptors (Lipinski definition) is 5. The number of hydrogen-bond donors (Lipinski definition) is 1. The van der Waals surface area contributed by atoms with Crippen molar-refractivity contribution < 1.29 is 4.74 Å². The van der Waals surface area contributed by atoms with Crippen LogP contribution < -0.4 is 10.1 Å². The molecule has 116 valence electrons. The molecule has 1 aromatic carbocycles. The van der Waals surface area contributed by atoms with Gasteiger partial charge in [-0.1, -0.05) is 18.2 Å². The molecule has 0 aliphatic heterocycles. The summed E-state index contributed by atoms with van der Waals surface area (Å²) >= 11 is 0. The highest BCUT2D eigenvalue weighted by Gasteiger charge is 2.08. The maximum Gasteiger partial charge on any atom is 0.223 e. The Labute approximate surface area is 135 Å². The Bertz CT molecular complexity index is 759. The van der Waals surface area contributed by atoms with Gasteiger partial charge in [0.25, 0.3) is 0 Å². The van der Waals surface area contributed by atoms with Gasteiger partial charge in [0.1, 0.15) is 5.75 Å². The molecule has 0 radical (unpaired) electrons. The molecule has 0 spiro atoms. The quantitative estimate of drug-likeness (QED) is 0.778. The molecule has 3 rings (SSSR count). The molecule has 0 fully saturated rings. The highest BCUT2D eigenvalue weighted by atomic mass is 16.5. The molecule has 0 saturated heterocycles. The summed E-state index contributed by atoms with van der Waals surface area (Å²) in [7, 11) is 1.66. The number of methoxy groups -OCH3 is 1. The van der Waals surface area contributed by atoms with Crippen LogP contribution in [0.5, 0.6) is 5.75 Å². The van der Waals surface area contributed by atoms with Crippen LogP contribution in [0.25, 0.3) is 11.4 Å². The third-order valence-corrected chi connectivity index (χ3v) is 3.54. The first-order valence-corrected chi connectivity index (χ1v) is 7.41. The fourth-order valence-corrected chi connectivity index (χ4v) is 2.25. The Balaban J connectivity index is 1.77. The van der Waals surface area contributed by atoms with Crippen molar-refractivity contribution in [3.63, 3.8) is 0 Å². The Morgan fingerprint density at radius 1 is 0.913 bits per heavy atom. The van der Waals surface area contributed by atoms with Crippen LogP contribution in [0.2, 0.25) is 0 Å². The van der Waals surface area contributed by atoms with Gasteiger partial charge < -0.3 is 10.1 Å². The van der Waals surface area contributed by atoms with Crippen LogP contribution in [0.3, 0.4) is 0 Å². The van der Waals surface area contributed by atoms with Crippen molar-refractivity contribution in [2.75, 3.05) is 12.4 Å². The van der Waals surface area contributed by atoms with Crippen molar-refractivity contribution in [2.24, 2.45) is 0 Å². The van der Waals surface area contributed by atoms with E-state index in [1.165, 1.54) is 0 Å². The minimum Gasteiger partial charge on any atom is -0.497 e. The van der Waals surface area contributed by atoms with Crippen molar-refractivity contribution in [3.8, 4) is 17.1 Å². The molecule has 0 saturated carbocycles. The van der Waals surface area contributed by atoms with Gasteiger partial charge >= 0.3 is 0 Å². The van der Waals surface area contributed by atoms with E-state index in [2.05, 4.69) is 27.2 Å². The van der Waals surface area contributed by atoms with E-state index < -0.39 is 0 Å². The summed E-state index contributed by atoms with van der Waals surface area (Å²) in [4.78, 5) is 13.1. The van der Waals surface area contributed by atoms with Gasteiger partial charge in [0.2, 0.25) is 5.95 Å². The van der Waals surface area contributed by atoms with E-state index in [-0.39, 0.29) is 6.04 Å². The molecule has 5 heteroatoms. The number of rotatable bonds is 5. The molecule has 0 unspecified atom stereocenters. The number of benzene rings is 1. The van der Waals surface area contributed by atoms with Crippen LogP contribution in [0, 0.1) is 0 Å². The number of pyridine rings is 1. The minimum atomic E-state index is 0.0832. The topological polar surface area (TPSA) is 59.9 Å². The normalized spacial score (nSPS) is 11.7. The zero-order valence-electron chi connectivity index (χ0n) is 13.1. The predicted octanol–water partition coefficient (Wildman–Crippen LogP) is 3.72. The number of nitrogens with one attached hydrogen (secondary N) is 1. The van der Waals surface area contributed by atoms with Crippen LogP contribution in [0.4, 0.5) is 5.95 Å². The third kappa shape index (κ3) is 3.63. The molecule has 5 nitrogen and oxygen atoms in total. The number of aromatic nitrogens is 3. The third-order valence-electron chi connectivity index (χ3n) is 3.54. The summed E-state index contributed by atoms with van der Waals surface area (Å²) in [5.41, 5.74) is 2.76. The molecular weight excluding hydrogens is 288 g/mol. The lowest BCUT2D eigenvalue weighted by Crippen LogP contribution is -2.09. The summed E-state index contributed by atoms with van der Waals surface area (Å²) in [6.07, 6.45) is 3.49. The number of anilines is 1. The summed E-state index contributed by atoms with van der Waals surface area (Å²) in [6, 6.07) is 15.6. The van der Waals surface area contributed by atoms with Crippen LogP contribution in [-0.2, 0) is 0 Å². The van der Waals surface area contributed by atoms with Gasteiger partial charge in [0.05, 0.1) is 24.5 Å². The molecule has 2 heterocycles. The Morgan fingerprint density at radius 3 is 2.43 bits per heavy atom. The van der Waals surface area contributed by atoms with Crippen molar-refractivity contribution in [3.05, 3.63) is 66.5 Å². The standard InChI is InChI=1S/C18H18N4O/c1-13(14-6-8-15(23-2)9-7-14)21-18-20-12-10-17(22-18)16-5-3-4-11-19-16/h3-13H,1-2H3,(H,20,21,22)/t13-/m1/s1. The largest absolute Gasteiger partial charge is 0.497 e. The summed E-state index contributed by atoms with van der Waals surface area (Å²) in [5, 5.41) is 3.31. The lowest BCUT2D eigenvalue weighted by atomic mass is 10.1. The highest BCUT2D eigenvalue weighted by molar-refractivity contribution is 5.55. The second-order valence-electron chi connectivity index (χ2n) is 5.12. The van der Waals surface area contributed by atoms with E-state index in [0.717, 1.165) is 22.7 Å². The SMILES string of the molecule is COc1ccc([C@@H](C)Nc2nccc(-c3ccccn3)n2)cc1. The van der Waals surface area contributed by atoms with E-state index in [1.807, 2.05) is 48.5 Å². The molecular formula is C18H18N4O. The Morgan fingerprint density at radius 2 is 1.74 bits per heavy atom. The first kappa shape index (κ1) is 15.0. The molecule has 0 aliphatic carbocycles. The van der Waals surface area contributed by atoms with E-state index >= 15 is 0 Å². The van der Waals surface area contributed by atoms with E-state index in [4.69, 9.17) is 4.74 Å². The highest BCUT2D eigenvalue weighted by Crippen LogP contribution is 2.21. The van der Waals surface area contributed by atoms with Crippen molar-refractivity contribution >= 4 is 5.95 Å². The van der Waals surface area contributed by atoms with Crippen LogP contribution in [0.15, 0.2) is 60.9 Å². The fourth-order valence-electron chi connectivity index (χ4n) is 2.25. The van der Waals surface area contributed by atoms with Crippen molar-refractivity contribution in [2.45, 2.75) is 13.0 Å². The molecule has 2 aromatic heterocycles. The van der Waals surface area contributed by atoms with Gasteiger partial charge in [-0.2, -0.15) is 0 Å². The van der Waals surface area contributed by atoms with Gasteiger partial charge in [-0.15, -0.1) is 0 Å². The van der Waals surface area contributed by atoms with Crippen LogP contribution in [-0.4, -0.2) is 22.1 Å². The predicted molar refractivity (Wildman–Crippen MR) is 90.3 cm³/mol. The van der Waals surface area contributed by atoms with Gasteiger partial charge in [-0.05, 0) is 42.8 Å². The molecule has 3 aromatic rings. The zero-order valence-corrected chi connectivity index (χ0v) is 13.1. The maximum atomic E-state index is 5.18. The average Bonchev–Trinajstić information content (AvgIpc) is 2.63. The molecule has 1 atom stereocenters. The second-order valence-corrected chi connectivity index (χ2v) is 5.12. The van der Waals surface area contributed by atoms with E-state index in [1.54, 1.807) is 19.5 Å². The fraction of sp³-hybridized carbons (Fsp3) is 0.167. The minimum absolute atomic E-state index is 0.0832. The smallest absolute Gasteiger partial charge is 0.223 e. The molecule has 0 aliphatic rings. The van der Waals surface area contributed by atoms with Crippen molar-refractivity contribution in [1.82, 2.24) is 15.0 Å². The molecule has 0 amide bonds. The first-order valence-electron chi connectivity index (χ1n) is 7.41. The van der Waals surface area contributed by atoms with Gasteiger partial charge in [0.15, 0.2) is 0 Å². The second kappa shape index (κ2) is 6.87.